The monoisotopic (exact) mass is 344 g/mol. The van der Waals surface area contributed by atoms with Crippen LogP contribution in [0, 0.1) is 10.1 Å². The third-order valence-electron chi connectivity index (χ3n) is 3.70. The molecule has 0 fully saturated rings. The average molecular weight is 345 g/mol. The van der Waals surface area contributed by atoms with Crippen LogP contribution in [0.15, 0.2) is 47.5 Å². The van der Waals surface area contributed by atoms with Gasteiger partial charge in [-0.05, 0) is 24.6 Å². The van der Waals surface area contributed by atoms with E-state index in [1.807, 2.05) is 25.1 Å². The molecule has 7 nitrogen and oxygen atoms in total. The molecule has 1 heterocycles. The van der Waals surface area contributed by atoms with Crippen LogP contribution in [0.2, 0.25) is 5.02 Å². The van der Waals surface area contributed by atoms with Gasteiger partial charge in [0.1, 0.15) is 5.69 Å². The number of halogens is 1. The van der Waals surface area contributed by atoms with Gasteiger partial charge in [0.15, 0.2) is 0 Å². The summed E-state index contributed by atoms with van der Waals surface area (Å²) in [5, 5.41) is 15.2. The molecule has 0 bridgehead atoms. The lowest BCUT2D eigenvalue weighted by molar-refractivity contribution is -0.383. The third-order valence-corrected chi connectivity index (χ3v) is 4.04. The van der Waals surface area contributed by atoms with Gasteiger partial charge in [0.25, 0.3) is 11.2 Å². The van der Waals surface area contributed by atoms with Crippen LogP contribution in [0.4, 0.5) is 11.4 Å². The second-order valence-corrected chi connectivity index (χ2v) is 5.67. The molecule has 2 aromatic carbocycles. The van der Waals surface area contributed by atoms with Crippen LogP contribution >= 0.6 is 11.6 Å². The molecule has 0 amide bonds. The molecule has 0 saturated carbocycles. The van der Waals surface area contributed by atoms with Crippen molar-refractivity contribution < 1.29 is 4.92 Å². The molecule has 0 spiro atoms. The highest BCUT2D eigenvalue weighted by atomic mass is 35.5. The Balaban J connectivity index is 2.08. The Kier molecular flexibility index (Phi) is 4.18. The van der Waals surface area contributed by atoms with Crippen molar-refractivity contribution in [1.29, 1.82) is 0 Å². The fourth-order valence-electron chi connectivity index (χ4n) is 2.51. The van der Waals surface area contributed by atoms with Crippen LogP contribution in [0.1, 0.15) is 18.5 Å². The highest BCUT2D eigenvalue weighted by Gasteiger charge is 2.19. The minimum absolute atomic E-state index is 0.167. The molecule has 0 saturated heterocycles. The number of benzene rings is 2. The van der Waals surface area contributed by atoms with E-state index in [9.17, 15) is 14.9 Å². The van der Waals surface area contributed by atoms with Crippen molar-refractivity contribution in [2.45, 2.75) is 13.0 Å². The number of nitrogens with one attached hydrogen (secondary N) is 2. The van der Waals surface area contributed by atoms with Crippen molar-refractivity contribution in [2.75, 3.05) is 5.32 Å². The first kappa shape index (κ1) is 15.9. The number of nitro groups is 1. The summed E-state index contributed by atoms with van der Waals surface area (Å²) in [5.41, 5.74) is 0.845. The van der Waals surface area contributed by atoms with Gasteiger partial charge in [-0.25, -0.2) is 4.98 Å². The Morgan fingerprint density at radius 2 is 2.08 bits per heavy atom. The Morgan fingerprint density at radius 1 is 1.33 bits per heavy atom. The number of hydrogen-bond donors (Lipinski definition) is 2. The quantitative estimate of drug-likeness (QED) is 0.555. The molecule has 1 aromatic heterocycles. The minimum atomic E-state index is -0.534. The van der Waals surface area contributed by atoms with Gasteiger partial charge in [-0.1, -0.05) is 29.8 Å². The van der Waals surface area contributed by atoms with Gasteiger partial charge >= 0.3 is 0 Å². The maximum absolute atomic E-state index is 11.8. The SMILES string of the molecule is CC(Nc1cc2nc[nH]c(=O)c2cc1[N+](=O)[O-])c1ccccc1Cl. The van der Waals surface area contributed by atoms with E-state index < -0.39 is 10.5 Å². The predicted molar refractivity (Wildman–Crippen MR) is 92.5 cm³/mol. The number of nitrogens with zero attached hydrogens (tertiary/aromatic N) is 2. The van der Waals surface area contributed by atoms with Crippen LogP contribution < -0.4 is 10.9 Å². The summed E-state index contributed by atoms with van der Waals surface area (Å²) in [5.74, 6) is 0. The fourth-order valence-corrected chi connectivity index (χ4v) is 2.81. The third kappa shape index (κ3) is 2.93. The Bertz CT molecular complexity index is 986. The summed E-state index contributed by atoms with van der Waals surface area (Å²) in [4.78, 5) is 29.1. The molecule has 2 N–H and O–H groups in total. The van der Waals surface area contributed by atoms with E-state index in [-0.39, 0.29) is 22.8 Å². The van der Waals surface area contributed by atoms with Gasteiger partial charge in [-0.3, -0.25) is 14.9 Å². The van der Waals surface area contributed by atoms with Crippen molar-refractivity contribution in [1.82, 2.24) is 9.97 Å². The maximum Gasteiger partial charge on any atom is 0.293 e. The first-order valence-electron chi connectivity index (χ1n) is 7.14. The first-order chi connectivity index (χ1) is 11.5. The molecule has 24 heavy (non-hydrogen) atoms. The largest absolute Gasteiger partial charge is 0.373 e. The van der Waals surface area contributed by atoms with Gasteiger partial charge < -0.3 is 10.3 Å². The molecule has 0 aliphatic heterocycles. The second kappa shape index (κ2) is 6.29. The lowest BCUT2D eigenvalue weighted by Gasteiger charge is -2.17. The van der Waals surface area contributed by atoms with Crippen molar-refractivity contribution in [2.24, 2.45) is 0 Å². The summed E-state index contributed by atoms with van der Waals surface area (Å²) in [6.45, 7) is 1.85. The summed E-state index contributed by atoms with van der Waals surface area (Å²) < 4.78 is 0. The van der Waals surface area contributed by atoms with Crippen molar-refractivity contribution >= 4 is 33.9 Å². The van der Waals surface area contributed by atoms with Gasteiger partial charge in [0.05, 0.1) is 28.2 Å². The van der Waals surface area contributed by atoms with Gasteiger partial charge in [0.2, 0.25) is 0 Å². The zero-order chi connectivity index (χ0) is 17.3. The van der Waals surface area contributed by atoms with Crippen molar-refractivity contribution in [3.05, 3.63) is 73.8 Å². The molecule has 0 radical (unpaired) electrons. The summed E-state index contributed by atoms with van der Waals surface area (Å²) in [7, 11) is 0. The highest BCUT2D eigenvalue weighted by molar-refractivity contribution is 6.31. The van der Waals surface area contributed by atoms with E-state index >= 15 is 0 Å². The Morgan fingerprint density at radius 3 is 2.79 bits per heavy atom. The van der Waals surface area contributed by atoms with Crippen LogP contribution in [0.5, 0.6) is 0 Å². The molecule has 0 aliphatic rings. The number of aromatic nitrogens is 2. The van der Waals surface area contributed by atoms with E-state index in [0.29, 0.717) is 10.5 Å². The van der Waals surface area contributed by atoms with Crippen molar-refractivity contribution in [3.63, 3.8) is 0 Å². The maximum atomic E-state index is 11.8. The molecule has 1 atom stereocenters. The number of hydrogen-bond acceptors (Lipinski definition) is 5. The molecule has 122 valence electrons. The number of fused-ring (bicyclic) bond motifs is 1. The summed E-state index contributed by atoms with van der Waals surface area (Å²) in [6.07, 6.45) is 1.26. The molecule has 3 aromatic rings. The van der Waals surface area contributed by atoms with Gasteiger partial charge in [-0.2, -0.15) is 0 Å². The van der Waals surface area contributed by atoms with E-state index in [0.717, 1.165) is 5.56 Å². The molecule has 1 unspecified atom stereocenters. The highest BCUT2D eigenvalue weighted by Crippen LogP contribution is 2.32. The van der Waals surface area contributed by atoms with Gasteiger partial charge in [0, 0.05) is 11.1 Å². The molecule has 8 heteroatoms. The molecular formula is C16H13ClN4O3. The van der Waals surface area contributed by atoms with Crippen LogP contribution in [-0.4, -0.2) is 14.9 Å². The van der Waals surface area contributed by atoms with Crippen LogP contribution in [0.25, 0.3) is 10.9 Å². The number of aromatic amines is 1. The van der Waals surface area contributed by atoms with E-state index in [1.54, 1.807) is 6.07 Å². The lowest BCUT2D eigenvalue weighted by Crippen LogP contribution is -2.11. The summed E-state index contributed by atoms with van der Waals surface area (Å²) >= 11 is 6.17. The molecule has 3 rings (SSSR count). The van der Waals surface area contributed by atoms with Crippen LogP contribution in [-0.2, 0) is 0 Å². The average Bonchev–Trinajstić information content (AvgIpc) is 2.54. The predicted octanol–water partition coefficient (Wildman–Crippen LogP) is 3.66. The normalized spacial score (nSPS) is 12.1. The fraction of sp³-hybridized carbons (Fsp3) is 0.125. The summed E-state index contributed by atoms with van der Waals surface area (Å²) in [6, 6.07) is 9.71. The number of rotatable bonds is 4. The molecule has 0 aliphatic carbocycles. The minimum Gasteiger partial charge on any atom is -0.373 e. The Hall–Kier alpha value is -2.93. The topological polar surface area (TPSA) is 101 Å². The number of anilines is 1. The zero-order valence-corrected chi connectivity index (χ0v) is 13.4. The number of H-pyrrole nitrogens is 1. The van der Waals surface area contributed by atoms with E-state index in [2.05, 4.69) is 15.3 Å². The van der Waals surface area contributed by atoms with Crippen molar-refractivity contribution in [3.8, 4) is 0 Å². The van der Waals surface area contributed by atoms with Gasteiger partial charge in [-0.15, -0.1) is 0 Å². The number of nitro benzene ring substituents is 1. The lowest BCUT2D eigenvalue weighted by atomic mass is 10.1. The van der Waals surface area contributed by atoms with E-state index in [1.165, 1.54) is 18.5 Å². The second-order valence-electron chi connectivity index (χ2n) is 5.26. The smallest absolute Gasteiger partial charge is 0.293 e. The van der Waals surface area contributed by atoms with E-state index in [4.69, 9.17) is 11.6 Å². The Labute approximate surface area is 141 Å². The zero-order valence-electron chi connectivity index (χ0n) is 12.6. The van der Waals surface area contributed by atoms with Crippen LogP contribution in [0.3, 0.4) is 0 Å². The first-order valence-corrected chi connectivity index (χ1v) is 7.52. The molecular weight excluding hydrogens is 332 g/mol. The standard InChI is InChI=1S/C16H13ClN4O3/c1-9(10-4-2-3-5-12(10)17)20-14-7-13-11(6-15(14)21(23)24)16(22)19-8-18-13/h2-9,20H,1H3,(H,18,19,22).